The molecule has 0 amide bonds. The summed E-state index contributed by atoms with van der Waals surface area (Å²) < 4.78 is 28.5. The SMILES string of the molecule is FC(F)(Cn1cccn1)c1ccccc1. The van der Waals surface area contributed by atoms with Crippen molar-refractivity contribution in [3.8, 4) is 0 Å². The molecule has 0 aliphatic heterocycles. The second-order valence-corrected chi connectivity index (χ2v) is 3.27. The number of aromatic nitrogens is 2. The number of rotatable bonds is 3. The summed E-state index contributed by atoms with van der Waals surface area (Å²) >= 11 is 0. The van der Waals surface area contributed by atoms with Crippen LogP contribution in [0.25, 0.3) is 0 Å². The lowest BCUT2D eigenvalue weighted by Crippen LogP contribution is -2.21. The molecule has 1 aromatic carbocycles. The average Bonchev–Trinajstić information content (AvgIpc) is 2.71. The van der Waals surface area contributed by atoms with Crippen molar-refractivity contribution in [3.05, 3.63) is 54.4 Å². The van der Waals surface area contributed by atoms with Crippen LogP contribution in [0.2, 0.25) is 0 Å². The van der Waals surface area contributed by atoms with Crippen LogP contribution in [0.4, 0.5) is 8.78 Å². The Morgan fingerprint density at radius 1 is 1.13 bits per heavy atom. The van der Waals surface area contributed by atoms with Gasteiger partial charge in [-0.2, -0.15) is 13.9 Å². The molecular formula is C11H10F2N2. The molecule has 1 heterocycles. The average molecular weight is 208 g/mol. The Balaban J connectivity index is 2.20. The quantitative estimate of drug-likeness (QED) is 0.758. The van der Waals surface area contributed by atoms with E-state index in [1.165, 1.54) is 29.2 Å². The van der Waals surface area contributed by atoms with Crippen molar-refractivity contribution in [1.82, 2.24) is 9.78 Å². The summed E-state index contributed by atoms with van der Waals surface area (Å²) in [7, 11) is 0. The Labute approximate surface area is 86.2 Å². The van der Waals surface area contributed by atoms with Crippen molar-refractivity contribution >= 4 is 0 Å². The van der Waals surface area contributed by atoms with Gasteiger partial charge in [0.1, 0.15) is 6.54 Å². The normalized spacial score (nSPS) is 11.6. The molecule has 78 valence electrons. The van der Waals surface area contributed by atoms with Gasteiger partial charge in [-0.1, -0.05) is 30.3 Å². The van der Waals surface area contributed by atoms with Crippen LogP contribution in [0.15, 0.2) is 48.8 Å². The summed E-state index contributed by atoms with van der Waals surface area (Å²) in [5.41, 5.74) is 0.0144. The maximum atomic E-state index is 13.7. The molecule has 0 saturated carbocycles. The van der Waals surface area contributed by atoms with Crippen LogP contribution in [0.3, 0.4) is 0 Å². The predicted molar refractivity (Wildman–Crippen MR) is 52.6 cm³/mol. The van der Waals surface area contributed by atoms with Gasteiger partial charge in [-0.15, -0.1) is 0 Å². The molecule has 0 spiro atoms. The topological polar surface area (TPSA) is 17.8 Å². The fourth-order valence-electron chi connectivity index (χ4n) is 1.37. The Hall–Kier alpha value is -1.71. The van der Waals surface area contributed by atoms with E-state index in [-0.39, 0.29) is 5.56 Å². The number of nitrogens with zero attached hydrogens (tertiary/aromatic N) is 2. The fourth-order valence-corrected chi connectivity index (χ4v) is 1.37. The molecule has 4 heteroatoms. The molecule has 0 radical (unpaired) electrons. The number of hydrogen-bond donors (Lipinski definition) is 0. The summed E-state index contributed by atoms with van der Waals surface area (Å²) in [4.78, 5) is 0. The number of hydrogen-bond acceptors (Lipinski definition) is 1. The third-order valence-corrected chi connectivity index (χ3v) is 2.12. The first-order chi connectivity index (χ1) is 7.18. The van der Waals surface area contributed by atoms with E-state index in [9.17, 15) is 8.78 Å². The fraction of sp³-hybridized carbons (Fsp3) is 0.182. The highest BCUT2D eigenvalue weighted by Gasteiger charge is 2.31. The molecule has 0 aliphatic rings. The van der Waals surface area contributed by atoms with E-state index in [0.29, 0.717) is 0 Å². The van der Waals surface area contributed by atoms with E-state index >= 15 is 0 Å². The molecule has 0 N–H and O–H groups in total. The predicted octanol–water partition coefficient (Wildman–Crippen LogP) is 2.68. The van der Waals surface area contributed by atoms with Crippen molar-refractivity contribution < 1.29 is 8.78 Å². The maximum Gasteiger partial charge on any atom is 0.292 e. The van der Waals surface area contributed by atoms with Crippen LogP contribution in [-0.2, 0) is 12.5 Å². The van der Waals surface area contributed by atoms with Crippen LogP contribution in [-0.4, -0.2) is 9.78 Å². The molecule has 0 atom stereocenters. The molecule has 1 aromatic heterocycles. The highest BCUT2D eigenvalue weighted by Crippen LogP contribution is 2.29. The van der Waals surface area contributed by atoms with Crippen LogP contribution in [0, 0.1) is 0 Å². The van der Waals surface area contributed by atoms with Crippen LogP contribution in [0.1, 0.15) is 5.56 Å². The van der Waals surface area contributed by atoms with Gasteiger partial charge in [0.25, 0.3) is 5.92 Å². The molecule has 2 aromatic rings. The second kappa shape index (κ2) is 3.81. The third kappa shape index (κ3) is 2.21. The first-order valence-corrected chi connectivity index (χ1v) is 4.59. The Bertz CT molecular complexity index is 409. The monoisotopic (exact) mass is 208 g/mol. The molecule has 0 fully saturated rings. The van der Waals surface area contributed by atoms with E-state index in [1.54, 1.807) is 24.3 Å². The minimum Gasteiger partial charge on any atom is -0.266 e. The number of benzene rings is 1. The van der Waals surface area contributed by atoms with Crippen LogP contribution >= 0.6 is 0 Å². The Kier molecular flexibility index (Phi) is 2.49. The highest BCUT2D eigenvalue weighted by molar-refractivity contribution is 5.19. The summed E-state index contributed by atoms with van der Waals surface area (Å²) in [6.07, 6.45) is 3.01. The molecule has 0 unspecified atom stereocenters. The van der Waals surface area contributed by atoms with E-state index in [2.05, 4.69) is 5.10 Å². The summed E-state index contributed by atoms with van der Waals surface area (Å²) in [6.45, 7) is -0.427. The van der Waals surface area contributed by atoms with Crippen molar-refractivity contribution in [2.75, 3.05) is 0 Å². The lowest BCUT2D eigenvalue weighted by Gasteiger charge is -2.16. The molecule has 2 rings (SSSR count). The summed E-state index contributed by atoms with van der Waals surface area (Å²) in [5, 5.41) is 3.76. The van der Waals surface area contributed by atoms with Crippen LogP contribution in [0.5, 0.6) is 0 Å². The Morgan fingerprint density at radius 3 is 2.47 bits per heavy atom. The lowest BCUT2D eigenvalue weighted by atomic mass is 10.1. The van der Waals surface area contributed by atoms with Crippen molar-refractivity contribution in [2.45, 2.75) is 12.5 Å². The smallest absolute Gasteiger partial charge is 0.266 e. The second-order valence-electron chi connectivity index (χ2n) is 3.27. The van der Waals surface area contributed by atoms with E-state index in [1.807, 2.05) is 0 Å². The van der Waals surface area contributed by atoms with Gasteiger partial charge in [0.2, 0.25) is 0 Å². The molecule has 15 heavy (non-hydrogen) atoms. The standard InChI is InChI=1S/C11H10F2N2/c12-11(13,9-15-8-4-7-14-15)10-5-2-1-3-6-10/h1-8H,9H2. The number of halogens is 2. The molecule has 0 bridgehead atoms. The van der Waals surface area contributed by atoms with E-state index < -0.39 is 12.5 Å². The van der Waals surface area contributed by atoms with Crippen molar-refractivity contribution in [3.63, 3.8) is 0 Å². The maximum absolute atomic E-state index is 13.7. The van der Waals surface area contributed by atoms with Crippen molar-refractivity contribution in [2.24, 2.45) is 0 Å². The number of alkyl halides is 2. The van der Waals surface area contributed by atoms with Gasteiger partial charge in [0.05, 0.1) is 0 Å². The molecule has 0 saturated heterocycles. The zero-order valence-corrected chi connectivity index (χ0v) is 7.98. The summed E-state index contributed by atoms with van der Waals surface area (Å²) in [5.74, 6) is -2.88. The lowest BCUT2D eigenvalue weighted by molar-refractivity contribution is -0.0254. The molecule has 2 nitrogen and oxygen atoms in total. The minimum absolute atomic E-state index is 0.0144. The summed E-state index contributed by atoms with van der Waals surface area (Å²) in [6, 6.07) is 9.39. The van der Waals surface area contributed by atoms with Crippen LogP contribution < -0.4 is 0 Å². The molecular weight excluding hydrogens is 198 g/mol. The Morgan fingerprint density at radius 2 is 1.87 bits per heavy atom. The van der Waals surface area contributed by atoms with Gasteiger partial charge >= 0.3 is 0 Å². The largest absolute Gasteiger partial charge is 0.292 e. The van der Waals surface area contributed by atoms with Gasteiger partial charge in [0, 0.05) is 18.0 Å². The highest BCUT2D eigenvalue weighted by atomic mass is 19.3. The van der Waals surface area contributed by atoms with Gasteiger partial charge in [0.15, 0.2) is 0 Å². The molecule has 0 aliphatic carbocycles. The van der Waals surface area contributed by atoms with E-state index in [4.69, 9.17) is 0 Å². The third-order valence-electron chi connectivity index (χ3n) is 2.12. The minimum atomic E-state index is -2.88. The van der Waals surface area contributed by atoms with Gasteiger partial charge in [-0.25, -0.2) is 0 Å². The zero-order valence-electron chi connectivity index (χ0n) is 7.98. The first kappa shape index (κ1) is 9.83. The van der Waals surface area contributed by atoms with Gasteiger partial charge < -0.3 is 0 Å². The first-order valence-electron chi connectivity index (χ1n) is 4.59. The van der Waals surface area contributed by atoms with E-state index in [0.717, 1.165) is 0 Å². The van der Waals surface area contributed by atoms with Crippen molar-refractivity contribution in [1.29, 1.82) is 0 Å². The van der Waals surface area contributed by atoms with Gasteiger partial charge in [-0.3, -0.25) is 4.68 Å². The van der Waals surface area contributed by atoms with Gasteiger partial charge in [-0.05, 0) is 6.07 Å². The zero-order chi connectivity index (χ0) is 10.7.